The van der Waals surface area contributed by atoms with Crippen molar-refractivity contribution in [1.82, 2.24) is 5.32 Å². The van der Waals surface area contributed by atoms with Crippen molar-refractivity contribution < 1.29 is 4.74 Å². The Kier molecular flexibility index (Phi) is 4.26. The fourth-order valence-electron chi connectivity index (χ4n) is 2.73. The van der Waals surface area contributed by atoms with Crippen LogP contribution in [0.1, 0.15) is 36.5 Å². The SMILES string of the molecule is CC(C)NCc1ccc(OCC2Cc3ccccc32)cc1. The average Bonchev–Trinajstić information content (AvgIpc) is 2.47. The number of hydrogen-bond donors (Lipinski definition) is 1. The fourth-order valence-corrected chi connectivity index (χ4v) is 2.73. The first kappa shape index (κ1) is 14.2. The normalized spacial score (nSPS) is 16.4. The molecular weight excluding hydrogens is 258 g/mol. The highest BCUT2D eigenvalue weighted by Crippen LogP contribution is 2.35. The van der Waals surface area contributed by atoms with Gasteiger partial charge in [0.05, 0.1) is 6.61 Å². The second kappa shape index (κ2) is 6.31. The van der Waals surface area contributed by atoms with E-state index in [1.165, 1.54) is 16.7 Å². The Balaban J connectivity index is 1.50. The van der Waals surface area contributed by atoms with Gasteiger partial charge in [-0.3, -0.25) is 0 Å². The quantitative estimate of drug-likeness (QED) is 0.867. The van der Waals surface area contributed by atoms with Crippen molar-refractivity contribution in [2.75, 3.05) is 6.61 Å². The lowest BCUT2D eigenvalue weighted by Crippen LogP contribution is -2.23. The van der Waals surface area contributed by atoms with Gasteiger partial charge >= 0.3 is 0 Å². The molecule has 0 aliphatic heterocycles. The van der Waals surface area contributed by atoms with Crippen LogP contribution in [-0.2, 0) is 13.0 Å². The van der Waals surface area contributed by atoms with Gasteiger partial charge < -0.3 is 10.1 Å². The summed E-state index contributed by atoms with van der Waals surface area (Å²) in [7, 11) is 0. The van der Waals surface area contributed by atoms with Crippen molar-refractivity contribution in [3.8, 4) is 5.75 Å². The maximum Gasteiger partial charge on any atom is 0.119 e. The van der Waals surface area contributed by atoms with E-state index in [0.717, 1.165) is 25.3 Å². The lowest BCUT2D eigenvalue weighted by atomic mass is 9.78. The first-order valence-corrected chi connectivity index (χ1v) is 7.75. The van der Waals surface area contributed by atoms with Crippen LogP contribution in [0.15, 0.2) is 48.5 Å². The van der Waals surface area contributed by atoms with Crippen LogP contribution in [0.25, 0.3) is 0 Å². The van der Waals surface area contributed by atoms with Gasteiger partial charge in [-0.2, -0.15) is 0 Å². The summed E-state index contributed by atoms with van der Waals surface area (Å²) in [4.78, 5) is 0. The molecule has 1 aliphatic rings. The highest BCUT2D eigenvalue weighted by Gasteiger charge is 2.25. The Hall–Kier alpha value is -1.80. The van der Waals surface area contributed by atoms with Crippen molar-refractivity contribution in [2.24, 2.45) is 0 Å². The largest absolute Gasteiger partial charge is 0.493 e. The smallest absolute Gasteiger partial charge is 0.119 e. The minimum atomic E-state index is 0.514. The van der Waals surface area contributed by atoms with Crippen molar-refractivity contribution in [3.05, 3.63) is 65.2 Å². The van der Waals surface area contributed by atoms with Gasteiger partial charge in [-0.1, -0.05) is 50.2 Å². The number of benzene rings is 2. The third kappa shape index (κ3) is 3.45. The molecule has 0 amide bonds. The van der Waals surface area contributed by atoms with Crippen LogP contribution in [0.2, 0.25) is 0 Å². The van der Waals surface area contributed by atoms with Gasteiger partial charge in [0.25, 0.3) is 0 Å². The summed E-state index contributed by atoms with van der Waals surface area (Å²) < 4.78 is 5.93. The van der Waals surface area contributed by atoms with Crippen molar-refractivity contribution in [3.63, 3.8) is 0 Å². The Labute approximate surface area is 127 Å². The van der Waals surface area contributed by atoms with Gasteiger partial charge in [0, 0.05) is 18.5 Å². The molecule has 2 nitrogen and oxygen atoms in total. The molecule has 1 aliphatic carbocycles. The van der Waals surface area contributed by atoms with E-state index in [-0.39, 0.29) is 0 Å². The summed E-state index contributed by atoms with van der Waals surface area (Å²) in [6.07, 6.45) is 1.15. The Morgan fingerprint density at radius 2 is 1.86 bits per heavy atom. The van der Waals surface area contributed by atoms with Crippen LogP contribution in [0.4, 0.5) is 0 Å². The van der Waals surface area contributed by atoms with E-state index in [2.05, 4.69) is 67.7 Å². The van der Waals surface area contributed by atoms with Crippen molar-refractivity contribution >= 4 is 0 Å². The van der Waals surface area contributed by atoms with E-state index >= 15 is 0 Å². The monoisotopic (exact) mass is 281 g/mol. The molecule has 2 heteroatoms. The summed E-state index contributed by atoms with van der Waals surface area (Å²) in [6.45, 7) is 6.01. The number of nitrogens with one attached hydrogen (secondary N) is 1. The minimum absolute atomic E-state index is 0.514. The van der Waals surface area contributed by atoms with E-state index < -0.39 is 0 Å². The summed E-state index contributed by atoms with van der Waals surface area (Å²) in [6, 6.07) is 17.6. The van der Waals surface area contributed by atoms with E-state index in [9.17, 15) is 0 Å². The summed E-state index contributed by atoms with van der Waals surface area (Å²) in [5.41, 5.74) is 4.22. The molecule has 0 saturated heterocycles. The van der Waals surface area contributed by atoms with Crippen molar-refractivity contribution in [2.45, 2.75) is 38.8 Å². The Morgan fingerprint density at radius 3 is 2.57 bits per heavy atom. The maximum absolute atomic E-state index is 5.93. The molecule has 1 N–H and O–H groups in total. The maximum atomic E-state index is 5.93. The van der Waals surface area contributed by atoms with Gasteiger partial charge in [0.2, 0.25) is 0 Å². The summed E-state index contributed by atoms with van der Waals surface area (Å²) in [5, 5.41) is 3.42. The average molecular weight is 281 g/mol. The van der Waals surface area contributed by atoms with Crippen LogP contribution < -0.4 is 10.1 Å². The Morgan fingerprint density at radius 1 is 1.10 bits per heavy atom. The first-order valence-electron chi connectivity index (χ1n) is 7.75. The Bertz CT molecular complexity index is 589. The number of fused-ring (bicyclic) bond motifs is 1. The molecule has 0 aromatic heterocycles. The van der Waals surface area contributed by atoms with E-state index in [4.69, 9.17) is 4.74 Å². The van der Waals surface area contributed by atoms with Crippen LogP contribution in [0.5, 0.6) is 5.75 Å². The molecule has 0 fully saturated rings. The van der Waals surface area contributed by atoms with Gasteiger partial charge in [-0.05, 0) is 35.2 Å². The fraction of sp³-hybridized carbons (Fsp3) is 0.368. The van der Waals surface area contributed by atoms with Crippen LogP contribution in [0.3, 0.4) is 0 Å². The third-order valence-electron chi connectivity index (χ3n) is 4.05. The highest BCUT2D eigenvalue weighted by molar-refractivity contribution is 5.40. The molecule has 0 spiro atoms. The zero-order valence-electron chi connectivity index (χ0n) is 12.8. The van der Waals surface area contributed by atoms with Crippen LogP contribution in [-0.4, -0.2) is 12.6 Å². The number of hydrogen-bond acceptors (Lipinski definition) is 2. The van der Waals surface area contributed by atoms with Crippen LogP contribution >= 0.6 is 0 Å². The van der Waals surface area contributed by atoms with Crippen molar-refractivity contribution in [1.29, 1.82) is 0 Å². The number of ether oxygens (including phenoxy) is 1. The second-order valence-corrected chi connectivity index (χ2v) is 6.09. The summed E-state index contributed by atoms with van der Waals surface area (Å²) in [5.74, 6) is 1.52. The van der Waals surface area contributed by atoms with E-state index in [0.29, 0.717) is 12.0 Å². The zero-order valence-corrected chi connectivity index (χ0v) is 12.8. The molecule has 1 atom stereocenters. The molecular formula is C19H23NO. The molecule has 0 heterocycles. The van der Waals surface area contributed by atoms with Gasteiger partial charge in [-0.15, -0.1) is 0 Å². The molecule has 0 bridgehead atoms. The van der Waals surface area contributed by atoms with Gasteiger partial charge in [0.15, 0.2) is 0 Å². The first-order chi connectivity index (χ1) is 10.2. The molecule has 110 valence electrons. The van der Waals surface area contributed by atoms with Gasteiger partial charge in [-0.25, -0.2) is 0 Å². The lowest BCUT2D eigenvalue weighted by Gasteiger charge is -2.29. The van der Waals surface area contributed by atoms with Gasteiger partial charge in [0.1, 0.15) is 5.75 Å². The van der Waals surface area contributed by atoms with E-state index in [1.807, 2.05) is 0 Å². The molecule has 1 unspecified atom stereocenters. The standard InChI is InChI=1S/C19H23NO/c1-14(2)20-12-15-7-9-18(10-8-15)21-13-17-11-16-5-3-4-6-19(16)17/h3-10,14,17,20H,11-13H2,1-2H3. The molecule has 21 heavy (non-hydrogen) atoms. The van der Waals surface area contributed by atoms with E-state index in [1.54, 1.807) is 0 Å². The summed E-state index contributed by atoms with van der Waals surface area (Å²) >= 11 is 0. The predicted octanol–water partition coefficient (Wildman–Crippen LogP) is 3.90. The third-order valence-corrected chi connectivity index (χ3v) is 4.05. The zero-order chi connectivity index (χ0) is 14.7. The predicted molar refractivity (Wildman–Crippen MR) is 86.8 cm³/mol. The molecule has 0 saturated carbocycles. The molecule has 2 aromatic carbocycles. The molecule has 0 radical (unpaired) electrons. The lowest BCUT2D eigenvalue weighted by molar-refractivity contribution is 0.275. The molecule has 3 rings (SSSR count). The number of rotatable bonds is 6. The van der Waals surface area contributed by atoms with Crippen LogP contribution in [0, 0.1) is 0 Å². The second-order valence-electron chi connectivity index (χ2n) is 6.09. The highest BCUT2D eigenvalue weighted by atomic mass is 16.5. The minimum Gasteiger partial charge on any atom is -0.493 e. The molecule has 2 aromatic rings. The topological polar surface area (TPSA) is 21.3 Å².